The molecule has 2 heteroatoms. The van der Waals surface area contributed by atoms with Gasteiger partial charge in [0.2, 0.25) is 5.85 Å². The number of ether oxygens (including phenoxy) is 1. The van der Waals surface area contributed by atoms with Crippen LogP contribution in [0, 0.1) is 5.92 Å². The van der Waals surface area contributed by atoms with Gasteiger partial charge in [-0.2, -0.15) is 0 Å². The zero-order valence-corrected chi connectivity index (χ0v) is 15.7. The van der Waals surface area contributed by atoms with E-state index in [0.717, 1.165) is 6.42 Å². The number of hydrogen-bond donors (Lipinski definition) is 0. The minimum absolute atomic E-state index is 0.296. The van der Waals surface area contributed by atoms with Crippen molar-refractivity contribution in [2.24, 2.45) is 5.92 Å². The normalized spacial score (nSPS) is 32.1. The summed E-state index contributed by atoms with van der Waals surface area (Å²) in [6.07, 6.45) is 5.34. The molecule has 0 spiro atoms. The van der Waals surface area contributed by atoms with Crippen LogP contribution in [0.5, 0.6) is 0 Å². The Kier molecular flexibility index (Phi) is 3.57. The standard InChI is InChI=1S/C25H23FO/c1-24(25(2,26)27-24)23-16-22(23)20-14-11-17(12-15-20)10-13-19-8-5-7-18-6-3-4-9-21(18)19/h3-15,22-23H,16H2,1-2H3/b13-10+. The molecule has 4 atom stereocenters. The molecule has 0 radical (unpaired) electrons. The van der Waals surface area contributed by atoms with Crippen LogP contribution in [0.4, 0.5) is 4.39 Å². The highest BCUT2D eigenvalue weighted by Crippen LogP contribution is 2.66. The molecule has 0 N–H and O–H groups in total. The largest absolute Gasteiger partial charge is 0.331 e. The Bertz CT molecular complexity index is 1030. The van der Waals surface area contributed by atoms with E-state index in [1.54, 1.807) is 6.92 Å². The third kappa shape index (κ3) is 2.80. The lowest BCUT2D eigenvalue weighted by Gasteiger charge is -2.06. The van der Waals surface area contributed by atoms with Crippen molar-refractivity contribution >= 4 is 22.9 Å². The summed E-state index contributed by atoms with van der Waals surface area (Å²) in [6, 6.07) is 23.5. The van der Waals surface area contributed by atoms with E-state index < -0.39 is 11.5 Å². The van der Waals surface area contributed by atoms with Crippen LogP contribution in [-0.2, 0) is 4.74 Å². The van der Waals surface area contributed by atoms with Gasteiger partial charge in [0.15, 0.2) is 0 Å². The zero-order valence-electron chi connectivity index (χ0n) is 15.7. The molecule has 1 nitrogen and oxygen atoms in total. The van der Waals surface area contributed by atoms with Crippen molar-refractivity contribution in [1.82, 2.24) is 0 Å². The minimum atomic E-state index is -1.45. The summed E-state index contributed by atoms with van der Waals surface area (Å²) in [5, 5.41) is 2.52. The van der Waals surface area contributed by atoms with Gasteiger partial charge in [0, 0.05) is 5.92 Å². The molecular weight excluding hydrogens is 335 g/mol. The summed E-state index contributed by atoms with van der Waals surface area (Å²) < 4.78 is 19.4. The molecule has 0 aromatic heterocycles. The lowest BCUT2D eigenvalue weighted by molar-refractivity contribution is 0.160. The monoisotopic (exact) mass is 358 g/mol. The van der Waals surface area contributed by atoms with Gasteiger partial charge in [0.1, 0.15) is 5.60 Å². The summed E-state index contributed by atoms with van der Waals surface area (Å²) in [5.74, 6) is -0.735. The van der Waals surface area contributed by atoms with Gasteiger partial charge in [-0.3, -0.25) is 0 Å². The van der Waals surface area contributed by atoms with Crippen LogP contribution in [0.25, 0.3) is 22.9 Å². The molecule has 136 valence electrons. The van der Waals surface area contributed by atoms with Crippen LogP contribution >= 0.6 is 0 Å². The molecule has 1 aliphatic heterocycles. The quantitative estimate of drug-likeness (QED) is 0.379. The first-order chi connectivity index (χ1) is 13.0. The number of benzene rings is 3. The second kappa shape index (κ2) is 5.77. The van der Waals surface area contributed by atoms with Crippen molar-refractivity contribution in [3.8, 4) is 0 Å². The summed E-state index contributed by atoms with van der Waals surface area (Å²) in [6.45, 7) is 3.45. The van der Waals surface area contributed by atoms with Crippen molar-refractivity contribution in [2.75, 3.05) is 0 Å². The summed E-state index contributed by atoms with van der Waals surface area (Å²) in [7, 11) is 0. The molecule has 5 rings (SSSR count). The van der Waals surface area contributed by atoms with E-state index in [4.69, 9.17) is 4.74 Å². The van der Waals surface area contributed by atoms with E-state index in [1.807, 2.05) is 6.92 Å². The van der Waals surface area contributed by atoms with Crippen molar-refractivity contribution in [3.05, 3.63) is 83.4 Å². The maximum Gasteiger partial charge on any atom is 0.236 e. The number of halogens is 1. The number of hydrogen-bond acceptors (Lipinski definition) is 1. The Balaban J connectivity index is 1.32. The Morgan fingerprint density at radius 2 is 1.63 bits per heavy atom. The van der Waals surface area contributed by atoms with E-state index in [2.05, 4.69) is 78.9 Å². The van der Waals surface area contributed by atoms with E-state index >= 15 is 0 Å². The van der Waals surface area contributed by atoms with Crippen LogP contribution in [-0.4, -0.2) is 11.5 Å². The SMILES string of the molecule is CC1(F)OC1(C)C1CC1c1ccc(/C=C/c2cccc3ccccc23)cc1. The van der Waals surface area contributed by atoms with Gasteiger partial charge < -0.3 is 4.74 Å². The summed E-state index contributed by atoms with van der Waals surface area (Å²) >= 11 is 0. The number of fused-ring (bicyclic) bond motifs is 1. The fourth-order valence-electron chi connectivity index (χ4n) is 4.39. The molecule has 1 saturated heterocycles. The van der Waals surface area contributed by atoms with Crippen LogP contribution < -0.4 is 0 Å². The summed E-state index contributed by atoms with van der Waals surface area (Å²) in [5.41, 5.74) is 3.09. The molecule has 2 fully saturated rings. The second-order valence-corrected chi connectivity index (χ2v) is 8.14. The van der Waals surface area contributed by atoms with E-state index in [0.29, 0.717) is 11.8 Å². The predicted octanol–water partition coefficient (Wildman–Crippen LogP) is 6.59. The molecule has 1 aliphatic carbocycles. The molecule has 2 aliphatic rings. The average molecular weight is 358 g/mol. The van der Waals surface area contributed by atoms with Crippen LogP contribution in [0.3, 0.4) is 0 Å². The zero-order chi connectivity index (χ0) is 18.6. The number of rotatable bonds is 4. The van der Waals surface area contributed by atoms with Gasteiger partial charge in [-0.1, -0.05) is 78.9 Å². The fraction of sp³-hybridized carbons (Fsp3) is 0.280. The smallest absolute Gasteiger partial charge is 0.236 e. The van der Waals surface area contributed by atoms with Crippen molar-refractivity contribution in [1.29, 1.82) is 0 Å². The first-order valence-electron chi connectivity index (χ1n) is 9.63. The molecule has 1 heterocycles. The van der Waals surface area contributed by atoms with Crippen molar-refractivity contribution in [3.63, 3.8) is 0 Å². The highest BCUT2D eigenvalue weighted by molar-refractivity contribution is 5.92. The van der Waals surface area contributed by atoms with Crippen LogP contribution in [0.15, 0.2) is 66.7 Å². The highest BCUT2D eigenvalue weighted by atomic mass is 19.2. The Hall–Kier alpha value is -2.45. The number of epoxide rings is 1. The molecule has 4 unspecified atom stereocenters. The van der Waals surface area contributed by atoms with Crippen LogP contribution in [0.1, 0.15) is 42.9 Å². The van der Waals surface area contributed by atoms with Gasteiger partial charge in [-0.15, -0.1) is 0 Å². The predicted molar refractivity (Wildman–Crippen MR) is 109 cm³/mol. The first kappa shape index (κ1) is 16.7. The first-order valence-corrected chi connectivity index (χ1v) is 9.63. The second-order valence-electron chi connectivity index (χ2n) is 8.14. The van der Waals surface area contributed by atoms with E-state index in [-0.39, 0.29) is 0 Å². The molecule has 3 aromatic rings. The molecule has 27 heavy (non-hydrogen) atoms. The summed E-state index contributed by atoms with van der Waals surface area (Å²) in [4.78, 5) is 0. The average Bonchev–Trinajstić information content (AvgIpc) is 3.56. The Morgan fingerprint density at radius 3 is 2.37 bits per heavy atom. The van der Waals surface area contributed by atoms with Gasteiger partial charge >= 0.3 is 0 Å². The minimum Gasteiger partial charge on any atom is -0.331 e. The lowest BCUT2D eigenvalue weighted by atomic mass is 9.96. The molecular formula is C25H23FO. The van der Waals surface area contributed by atoms with Gasteiger partial charge in [-0.05, 0) is 53.6 Å². The third-order valence-electron chi connectivity index (χ3n) is 6.39. The molecule has 1 saturated carbocycles. The van der Waals surface area contributed by atoms with Gasteiger partial charge in [0.25, 0.3) is 0 Å². The van der Waals surface area contributed by atoms with Gasteiger partial charge in [0.05, 0.1) is 0 Å². The van der Waals surface area contributed by atoms with Crippen molar-refractivity contribution in [2.45, 2.75) is 37.6 Å². The lowest BCUT2D eigenvalue weighted by Crippen LogP contribution is -2.18. The Labute approximate surface area is 159 Å². The van der Waals surface area contributed by atoms with E-state index in [1.165, 1.54) is 27.5 Å². The maximum absolute atomic E-state index is 14.0. The molecule has 0 bridgehead atoms. The topological polar surface area (TPSA) is 12.5 Å². The Morgan fingerprint density at radius 1 is 0.926 bits per heavy atom. The third-order valence-corrected chi connectivity index (χ3v) is 6.39. The number of alkyl halides is 1. The van der Waals surface area contributed by atoms with Crippen LogP contribution in [0.2, 0.25) is 0 Å². The van der Waals surface area contributed by atoms with Crippen molar-refractivity contribution < 1.29 is 9.13 Å². The fourth-order valence-corrected chi connectivity index (χ4v) is 4.39. The van der Waals surface area contributed by atoms with Gasteiger partial charge in [-0.25, -0.2) is 4.39 Å². The molecule has 3 aromatic carbocycles. The maximum atomic E-state index is 14.0. The highest BCUT2D eigenvalue weighted by Gasteiger charge is 2.74. The molecule has 0 amide bonds. The van der Waals surface area contributed by atoms with E-state index in [9.17, 15) is 4.39 Å².